The van der Waals surface area contributed by atoms with Gasteiger partial charge >= 0.3 is 6.18 Å². The van der Waals surface area contributed by atoms with Gasteiger partial charge in [-0.15, -0.1) is 0 Å². The molecule has 0 aliphatic heterocycles. The molecule has 1 fully saturated rings. The van der Waals surface area contributed by atoms with E-state index >= 15 is 0 Å². The Hall–Kier alpha value is -2.02. The fourth-order valence-electron chi connectivity index (χ4n) is 1.94. The summed E-state index contributed by atoms with van der Waals surface area (Å²) in [5, 5.41) is 5.86. The zero-order chi connectivity index (χ0) is 15.7. The number of anilines is 3. The standard InChI is InChI=1S/C14H12ClF3N4/c15-8-1-4-11(10(5-8)14(16,17)18)22-13-6-12(19-7-20-13)21-9-2-3-9/h1,4-7,9H,2-3H2,(H2,19,20,21,22). The first-order valence-corrected chi connectivity index (χ1v) is 7.02. The average molecular weight is 329 g/mol. The van der Waals surface area contributed by atoms with Gasteiger partial charge in [0, 0.05) is 17.1 Å². The van der Waals surface area contributed by atoms with Crippen LogP contribution in [0.2, 0.25) is 5.02 Å². The van der Waals surface area contributed by atoms with Crippen molar-refractivity contribution < 1.29 is 13.2 Å². The Bertz CT molecular complexity index is 686. The van der Waals surface area contributed by atoms with Gasteiger partial charge in [0.25, 0.3) is 0 Å². The fraction of sp³-hybridized carbons (Fsp3) is 0.286. The van der Waals surface area contributed by atoms with E-state index < -0.39 is 11.7 Å². The van der Waals surface area contributed by atoms with Crippen LogP contribution >= 0.6 is 11.6 Å². The molecule has 0 saturated heterocycles. The Balaban J connectivity index is 1.86. The highest BCUT2D eigenvalue weighted by molar-refractivity contribution is 6.30. The van der Waals surface area contributed by atoms with Crippen molar-refractivity contribution in [3.63, 3.8) is 0 Å². The van der Waals surface area contributed by atoms with Crippen LogP contribution in [0.5, 0.6) is 0 Å². The minimum Gasteiger partial charge on any atom is -0.367 e. The van der Waals surface area contributed by atoms with Gasteiger partial charge in [-0.25, -0.2) is 9.97 Å². The van der Waals surface area contributed by atoms with Gasteiger partial charge in [0.1, 0.15) is 18.0 Å². The van der Waals surface area contributed by atoms with Gasteiger partial charge in [0.05, 0.1) is 11.3 Å². The zero-order valence-corrected chi connectivity index (χ0v) is 12.0. The zero-order valence-electron chi connectivity index (χ0n) is 11.3. The molecular weight excluding hydrogens is 317 g/mol. The fourth-order valence-corrected chi connectivity index (χ4v) is 2.11. The molecule has 2 N–H and O–H groups in total. The third-order valence-corrected chi connectivity index (χ3v) is 3.38. The lowest BCUT2D eigenvalue weighted by atomic mass is 10.1. The van der Waals surface area contributed by atoms with Gasteiger partial charge in [0.15, 0.2) is 0 Å². The minimum atomic E-state index is -4.50. The van der Waals surface area contributed by atoms with Gasteiger partial charge in [-0.2, -0.15) is 13.2 Å². The maximum absolute atomic E-state index is 13.0. The van der Waals surface area contributed by atoms with Crippen molar-refractivity contribution in [3.05, 3.63) is 41.2 Å². The van der Waals surface area contributed by atoms with E-state index in [4.69, 9.17) is 11.6 Å². The quantitative estimate of drug-likeness (QED) is 0.869. The molecule has 22 heavy (non-hydrogen) atoms. The second-order valence-electron chi connectivity index (χ2n) is 5.02. The molecule has 1 aromatic carbocycles. The van der Waals surface area contributed by atoms with Crippen molar-refractivity contribution in [2.45, 2.75) is 25.1 Å². The summed E-state index contributed by atoms with van der Waals surface area (Å²) in [4.78, 5) is 7.99. The van der Waals surface area contributed by atoms with E-state index in [0.29, 0.717) is 11.9 Å². The molecular formula is C14H12ClF3N4. The summed E-state index contributed by atoms with van der Waals surface area (Å²) in [5.41, 5.74) is -0.941. The molecule has 1 saturated carbocycles. The molecule has 0 radical (unpaired) electrons. The monoisotopic (exact) mass is 328 g/mol. The van der Waals surface area contributed by atoms with Crippen LogP contribution in [-0.2, 0) is 6.18 Å². The summed E-state index contributed by atoms with van der Waals surface area (Å²) < 4.78 is 39.1. The van der Waals surface area contributed by atoms with E-state index in [-0.39, 0.29) is 16.5 Å². The molecule has 1 aliphatic carbocycles. The predicted molar refractivity (Wildman–Crippen MR) is 78.4 cm³/mol. The summed E-state index contributed by atoms with van der Waals surface area (Å²) in [7, 11) is 0. The minimum absolute atomic E-state index is 0.0247. The van der Waals surface area contributed by atoms with E-state index in [1.54, 1.807) is 6.07 Å². The van der Waals surface area contributed by atoms with E-state index in [1.807, 2.05) is 0 Å². The van der Waals surface area contributed by atoms with Crippen LogP contribution in [0.4, 0.5) is 30.5 Å². The first-order valence-electron chi connectivity index (χ1n) is 6.64. The van der Waals surface area contributed by atoms with Crippen LogP contribution in [0.1, 0.15) is 18.4 Å². The number of hydrogen-bond acceptors (Lipinski definition) is 4. The van der Waals surface area contributed by atoms with Gasteiger partial charge in [-0.05, 0) is 31.0 Å². The van der Waals surface area contributed by atoms with Gasteiger partial charge in [0.2, 0.25) is 0 Å². The van der Waals surface area contributed by atoms with Crippen molar-refractivity contribution in [3.8, 4) is 0 Å². The smallest absolute Gasteiger partial charge is 0.367 e. The van der Waals surface area contributed by atoms with E-state index in [9.17, 15) is 13.2 Å². The molecule has 1 heterocycles. The van der Waals surface area contributed by atoms with Crippen molar-refractivity contribution in [1.29, 1.82) is 0 Å². The third-order valence-electron chi connectivity index (χ3n) is 3.15. The summed E-state index contributed by atoms with van der Waals surface area (Å²) in [6.45, 7) is 0. The molecule has 0 atom stereocenters. The van der Waals surface area contributed by atoms with Crippen molar-refractivity contribution >= 4 is 28.9 Å². The lowest BCUT2D eigenvalue weighted by molar-refractivity contribution is -0.136. The summed E-state index contributed by atoms with van der Waals surface area (Å²) in [5.74, 6) is 0.869. The molecule has 0 unspecified atom stereocenters. The molecule has 2 aromatic rings. The second kappa shape index (κ2) is 5.64. The Morgan fingerprint density at radius 2 is 1.82 bits per heavy atom. The average Bonchev–Trinajstić information content (AvgIpc) is 3.24. The number of alkyl halides is 3. The molecule has 8 heteroatoms. The molecule has 1 aliphatic rings. The number of halogens is 4. The van der Waals surface area contributed by atoms with Crippen LogP contribution < -0.4 is 10.6 Å². The molecule has 0 bridgehead atoms. The number of nitrogens with one attached hydrogen (secondary N) is 2. The van der Waals surface area contributed by atoms with Gasteiger partial charge in [-0.3, -0.25) is 0 Å². The lowest BCUT2D eigenvalue weighted by Gasteiger charge is -2.15. The maximum Gasteiger partial charge on any atom is 0.418 e. The molecule has 0 amide bonds. The highest BCUT2D eigenvalue weighted by Gasteiger charge is 2.34. The van der Waals surface area contributed by atoms with E-state index in [0.717, 1.165) is 18.9 Å². The largest absolute Gasteiger partial charge is 0.418 e. The molecule has 0 spiro atoms. The number of hydrogen-bond donors (Lipinski definition) is 2. The van der Waals surface area contributed by atoms with Crippen molar-refractivity contribution in [1.82, 2.24) is 9.97 Å². The van der Waals surface area contributed by atoms with Crippen LogP contribution in [-0.4, -0.2) is 16.0 Å². The third kappa shape index (κ3) is 3.59. The number of benzene rings is 1. The van der Waals surface area contributed by atoms with Crippen LogP contribution in [0.15, 0.2) is 30.6 Å². The van der Waals surface area contributed by atoms with Crippen molar-refractivity contribution in [2.75, 3.05) is 10.6 Å². The van der Waals surface area contributed by atoms with Crippen LogP contribution in [0.3, 0.4) is 0 Å². The van der Waals surface area contributed by atoms with Gasteiger partial charge < -0.3 is 10.6 Å². The molecule has 1 aromatic heterocycles. The lowest BCUT2D eigenvalue weighted by Crippen LogP contribution is -2.10. The maximum atomic E-state index is 13.0. The normalized spacial score (nSPS) is 14.7. The van der Waals surface area contributed by atoms with Crippen LogP contribution in [0.25, 0.3) is 0 Å². The molecule has 3 rings (SSSR count). The Morgan fingerprint density at radius 3 is 2.50 bits per heavy atom. The summed E-state index contributed by atoms with van der Waals surface area (Å²) in [6, 6.07) is 5.52. The van der Waals surface area contributed by atoms with Crippen molar-refractivity contribution in [2.24, 2.45) is 0 Å². The number of rotatable bonds is 4. The highest BCUT2D eigenvalue weighted by atomic mass is 35.5. The second-order valence-corrected chi connectivity index (χ2v) is 5.46. The Labute approximate surface area is 129 Å². The first-order chi connectivity index (χ1) is 10.4. The SMILES string of the molecule is FC(F)(F)c1cc(Cl)ccc1Nc1cc(NC2CC2)ncn1. The topological polar surface area (TPSA) is 49.8 Å². The molecule has 116 valence electrons. The number of aromatic nitrogens is 2. The number of nitrogens with zero attached hydrogens (tertiary/aromatic N) is 2. The van der Waals surface area contributed by atoms with Gasteiger partial charge in [-0.1, -0.05) is 11.6 Å². The molecule has 4 nitrogen and oxygen atoms in total. The summed E-state index contributed by atoms with van der Waals surface area (Å²) in [6.07, 6.45) is -1.06. The van der Waals surface area contributed by atoms with E-state index in [1.165, 1.54) is 18.5 Å². The summed E-state index contributed by atoms with van der Waals surface area (Å²) >= 11 is 5.65. The van der Waals surface area contributed by atoms with Crippen LogP contribution in [0, 0.1) is 0 Å². The van der Waals surface area contributed by atoms with E-state index in [2.05, 4.69) is 20.6 Å². The Kier molecular flexibility index (Phi) is 3.82. The highest BCUT2D eigenvalue weighted by Crippen LogP contribution is 2.37. The first kappa shape index (κ1) is 14.9. The Morgan fingerprint density at radius 1 is 1.09 bits per heavy atom. The predicted octanol–water partition coefficient (Wildman–Crippen LogP) is 4.47.